The number of amides is 2. The molecule has 172 valence electrons. The van der Waals surface area contributed by atoms with Gasteiger partial charge in [0.05, 0.1) is 6.42 Å². The zero-order valence-electron chi connectivity index (χ0n) is 18.0. The van der Waals surface area contributed by atoms with Crippen molar-refractivity contribution in [1.29, 1.82) is 0 Å². The predicted molar refractivity (Wildman–Crippen MR) is 115 cm³/mol. The van der Waals surface area contributed by atoms with Crippen molar-refractivity contribution in [1.82, 2.24) is 14.9 Å². The van der Waals surface area contributed by atoms with Crippen LogP contribution in [0.3, 0.4) is 0 Å². The molecule has 1 aliphatic rings. The number of hydrogen-bond donors (Lipinski definition) is 3. The molecule has 0 bridgehead atoms. The van der Waals surface area contributed by atoms with Crippen LogP contribution in [-0.2, 0) is 22.2 Å². The highest BCUT2D eigenvalue weighted by Crippen LogP contribution is 2.34. The Labute approximate surface area is 183 Å². The molecule has 0 aliphatic carbocycles. The molecule has 2 amide bonds. The molecule has 0 saturated heterocycles. The van der Waals surface area contributed by atoms with E-state index in [0.717, 1.165) is 5.56 Å². The summed E-state index contributed by atoms with van der Waals surface area (Å²) in [6, 6.07) is 5.10. The second-order valence-corrected chi connectivity index (χ2v) is 7.67. The van der Waals surface area contributed by atoms with Crippen LogP contribution in [0.15, 0.2) is 24.4 Å². The van der Waals surface area contributed by atoms with Crippen LogP contribution in [0.25, 0.3) is 0 Å². The molecule has 3 N–H and O–H groups in total. The normalized spacial score (nSPS) is 13.9. The lowest BCUT2D eigenvalue weighted by Crippen LogP contribution is -2.35. The molecule has 1 atom stereocenters. The number of hydrogen-bond acceptors (Lipinski definition) is 6. The third-order valence-electron chi connectivity index (χ3n) is 5.23. The van der Waals surface area contributed by atoms with Gasteiger partial charge in [0.25, 0.3) is 0 Å². The highest BCUT2D eigenvalue weighted by Gasteiger charge is 2.35. The lowest BCUT2D eigenvalue weighted by molar-refractivity contribution is -0.137. The average molecular weight is 450 g/mol. The van der Waals surface area contributed by atoms with Crippen LogP contribution in [0, 0.1) is 5.92 Å². The zero-order chi connectivity index (χ0) is 23.5. The van der Waals surface area contributed by atoms with Crippen LogP contribution < -0.4 is 16.0 Å². The fourth-order valence-corrected chi connectivity index (χ4v) is 3.22. The summed E-state index contributed by atoms with van der Waals surface area (Å²) in [7, 11) is 1.61. The number of carbonyl (C=O) groups excluding carboxylic acids is 2. The van der Waals surface area contributed by atoms with Crippen LogP contribution in [0.5, 0.6) is 0 Å². The Bertz CT molecular complexity index is 1010. The van der Waals surface area contributed by atoms with E-state index in [1.165, 1.54) is 4.90 Å². The smallest absolute Gasteiger partial charge is 0.368 e. The molecular formula is C21H25F3N6O2. The number of alkyl halides is 3. The van der Waals surface area contributed by atoms with Gasteiger partial charge in [-0.15, -0.1) is 0 Å². The van der Waals surface area contributed by atoms with E-state index in [-0.39, 0.29) is 49.0 Å². The first-order chi connectivity index (χ1) is 15.1. The topological polar surface area (TPSA) is 99.3 Å². The van der Waals surface area contributed by atoms with Gasteiger partial charge in [0.2, 0.25) is 17.8 Å². The van der Waals surface area contributed by atoms with Gasteiger partial charge in [-0.25, -0.2) is 4.98 Å². The Balaban J connectivity index is 1.73. The predicted octanol–water partition coefficient (Wildman–Crippen LogP) is 3.65. The van der Waals surface area contributed by atoms with Gasteiger partial charge in [-0.05, 0) is 30.2 Å². The van der Waals surface area contributed by atoms with Crippen LogP contribution >= 0.6 is 0 Å². The van der Waals surface area contributed by atoms with Gasteiger partial charge in [-0.1, -0.05) is 13.8 Å². The molecule has 2 aromatic rings. The Hall–Kier alpha value is -3.37. The van der Waals surface area contributed by atoms with Crippen LogP contribution in [-0.4, -0.2) is 46.8 Å². The first-order valence-corrected chi connectivity index (χ1v) is 10.2. The van der Waals surface area contributed by atoms with Crippen molar-refractivity contribution in [2.24, 2.45) is 5.92 Å². The zero-order valence-corrected chi connectivity index (χ0v) is 18.0. The Kier molecular flexibility index (Phi) is 6.85. The van der Waals surface area contributed by atoms with E-state index < -0.39 is 11.7 Å². The second-order valence-electron chi connectivity index (χ2n) is 7.67. The maximum atomic E-state index is 13.4. The average Bonchev–Trinajstić information content (AvgIpc) is 3.11. The molecule has 1 aliphatic heterocycles. The summed E-state index contributed by atoms with van der Waals surface area (Å²) in [4.78, 5) is 32.9. The first-order valence-electron chi connectivity index (χ1n) is 10.2. The minimum absolute atomic E-state index is 0.0261. The Morgan fingerprint density at radius 1 is 1.34 bits per heavy atom. The minimum Gasteiger partial charge on any atom is -0.368 e. The molecule has 0 fully saturated rings. The number of halogens is 3. The van der Waals surface area contributed by atoms with Crippen LogP contribution in [0.2, 0.25) is 0 Å². The molecule has 0 saturated carbocycles. The number of nitrogens with one attached hydrogen (secondary N) is 3. The fourth-order valence-electron chi connectivity index (χ4n) is 3.22. The Morgan fingerprint density at radius 2 is 2.09 bits per heavy atom. The van der Waals surface area contributed by atoms with E-state index in [1.54, 1.807) is 32.2 Å². The van der Waals surface area contributed by atoms with Crippen molar-refractivity contribution in [2.75, 3.05) is 36.1 Å². The van der Waals surface area contributed by atoms with Crippen molar-refractivity contribution >= 4 is 35.0 Å². The summed E-state index contributed by atoms with van der Waals surface area (Å²) < 4.78 is 40.2. The van der Waals surface area contributed by atoms with Gasteiger partial charge in [0, 0.05) is 43.6 Å². The van der Waals surface area contributed by atoms with Gasteiger partial charge in [0.1, 0.15) is 11.4 Å². The van der Waals surface area contributed by atoms with Crippen molar-refractivity contribution < 1.29 is 22.8 Å². The molecule has 2 heterocycles. The highest BCUT2D eigenvalue weighted by molar-refractivity contribution is 5.99. The molecule has 0 radical (unpaired) electrons. The third kappa shape index (κ3) is 5.45. The van der Waals surface area contributed by atoms with E-state index in [1.807, 2.05) is 6.92 Å². The number of rotatable bonds is 8. The van der Waals surface area contributed by atoms with Crippen molar-refractivity contribution in [3.8, 4) is 0 Å². The van der Waals surface area contributed by atoms with Crippen molar-refractivity contribution in [2.45, 2.75) is 32.9 Å². The minimum atomic E-state index is -4.64. The number of fused-ring (bicyclic) bond motifs is 1. The first kappa shape index (κ1) is 23.3. The fraction of sp³-hybridized carbons (Fsp3) is 0.429. The lowest BCUT2D eigenvalue weighted by atomic mass is 10.1. The molecule has 3 rings (SSSR count). The summed E-state index contributed by atoms with van der Waals surface area (Å²) in [5.74, 6) is -0.747. The van der Waals surface area contributed by atoms with Crippen LogP contribution in [0.1, 0.15) is 31.4 Å². The van der Waals surface area contributed by atoms with E-state index in [4.69, 9.17) is 0 Å². The third-order valence-corrected chi connectivity index (χ3v) is 5.23. The van der Waals surface area contributed by atoms with E-state index in [9.17, 15) is 22.8 Å². The number of benzene rings is 1. The lowest BCUT2D eigenvalue weighted by Gasteiger charge is -2.21. The van der Waals surface area contributed by atoms with Gasteiger partial charge < -0.3 is 20.9 Å². The number of anilines is 4. The standard InChI is InChI=1S/C21H25F3N6O2/c1-4-12(2)19(32)30(3)8-7-25-18-15(21(22,23)24)11-26-20(29-18)27-14-5-6-16-13(9-14)10-17(31)28-16/h5-6,9,11-12H,4,7-8,10H2,1-3H3,(H,28,31)(H2,25,26,27,29). The quantitative estimate of drug-likeness (QED) is 0.568. The number of aromatic nitrogens is 2. The monoisotopic (exact) mass is 450 g/mol. The van der Waals surface area contributed by atoms with Crippen molar-refractivity contribution in [3.63, 3.8) is 0 Å². The SMILES string of the molecule is CCC(C)C(=O)N(C)CCNc1nc(Nc2ccc3c(c2)CC(=O)N3)ncc1C(F)(F)F. The van der Waals surface area contributed by atoms with E-state index in [0.29, 0.717) is 24.0 Å². The second kappa shape index (κ2) is 9.41. The molecule has 0 spiro atoms. The maximum absolute atomic E-state index is 13.4. The molecule has 1 aromatic heterocycles. The summed E-state index contributed by atoms with van der Waals surface area (Å²) in [6.07, 6.45) is -3.01. The largest absolute Gasteiger partial charge is 0.421 e. The van der Waals surface area contributed by atoms with Gasteiger partial charge >= 0.3 is 6.18 Å². The van der Waals surface area contributed by atoms with E-state index >= 15 is 0 Å². The summed E-state index contributed by atoms with van der Waals surface area (Å²) in [6.45, 7) is 4.01. The molecule has 1 aromatic carbocycles. The molecule has 1 unspecified atom stereocenters. The van der Waals surface area contributed by atoms with Crippen LogP contribution in [0.4, 0.5) is 36.3 Å². The molecule has 11 heteroatoms. The number of nitrogens with zero attached hydrogens (tertiary/aromatic N) is 3. The van der Waals surface area contributed by atoms with Gasteiger partial charge in [-0.2, -0.15) is 18.2 Å². The molecular weight excluding hydrogens is 425 g/mol. The summed E-state index contributed by atoms with van der Waals surface area (Å²) in [5.41, 5.74) is 1.03. The summed E-state index contributed by atoms with van der Waals surface area (Å²) in [5, 5.41) is 8.26. The number of carbonyl (C=O) groups is 2. The molecule has 8 nitrogen and oxygen atoms in total. The molecule has 32 heavy (non-hydrogen) atoms. The maximum Gasteiger partial charge on any atom is 0.421 e. The van der Waals surface area contributed by atoms with E-state index in [2.05, 4.69) is 25.9 Å². The number of likely N-dealkylation sites (N-methyl/N-ethyl adjacent to an activating group) is 1. The van der Waals surface area contributed by atoms with Crippen molar-refractivity contribution in [3.05, 3.63) is 35.5 Å². The summed E-state index contributed by atoms with van der Waals surface area (Å²) >= 11 is 0. The van der Waals surface area contributed by atoms with Gasteiger partial charge in [0.15, 0.2) is 0 Å². The highest BCUT2D eigenvalue weighted by atomic mass is 19.4. The van der Waals surface area contributed by atoms with Gasteiger partial charge in [-0.3, -0.25) is 9.59 Å². The Morgan fingerprint density at radius 3 is 2.78 bits per heavy atom.